The summed E-state index contributed by atoms with van der Waals surface area (Å²) >= 11 is 0. The fraction of sp³-hybridized carbons (Fsp3) is 1.00. The molecule has 0 aromatic carbocycles. The van der Waals surface area contributed by atoms with E-state index in [0.29, 0.717) is 12.1 Å². The van der Waals surface area contributed by atoms with Crippen molar-refractivity contribution < 1.29 is 0 Å². The van der Waals surface area contributed by atoms with Crippen LogP contribution in [0.25, 0.3) is 0 Å². The van der Waals surface area contributed by atoms with Crippen LogP contribution >= 0.6 is 0 Å². The summed E-state index contributed by atoms with van der Waals surface area (Å²) in [5.74, 6) is 5.29. The largest absolute Gasteiger partial charge is 0.314 e. The van der Waals surface area contributed by atoms with Crippen LogP contribution in [0, 0.1) is 0 Å². The van der Waals surface area contributed by atoms with Gasteiger partial charge in [-0.3, -0.25) is 11.3 Å². The third kappa shape index (κ3) is 7.17. The van der Waals surface area contributed by atoms with Gasteiger partial charge >= 0.3 is 0 Å². The fourth-order valence-electron chi connectivity index (χ4n) is 1.99. The van der Waals surface area contributed by atoms with Crippen molar-refractivity contribution in [2.24, 2.45) is 5.84 Å². The summed E-state index contributed by atoms with van der Waals surface area (Å²) in [6.45, 7) is 6.45. The summed E-state index contributed by atoms with van der Waals surface area (Å²) in [6.07, 6.45) is 4.71. The predicted molar refractivity (Wildman–Crippen MR) is 71.3 cm³/mol. The second kappa shape index (κ2) is 10.0. The molecule has 2 atom stereocenters. The molecule has 0 bridgehead atoms. The van der Waals surface area contributed by atoms with Crippen LogP contribution in [0.1, 0.15) is 39.5 Å². The van der Waals surface area contributed by atoms with Gasteiger partial charge in [-0.25, -0.2) is 0 Å². The molecule has 0 saturated carbocycles. The molecule has 98 valence electrons. The fourth-order valence-corrected chi connectivity index (χ4v) is 1.99. The average molecular weight is 230 g/mol. The molecule has 2 unspecified atom stereocenters. The third-order valence-electron chi connectivity index (χ3n) is 3.24. The van der Waals surface area contributed by atoms with E-state index in [-0.39, 0.29) is 0 Å². The van der Waals surface area contributed by atoms with E-state index >= 15 is 0 Å². The summed E-state index contributed by atoms with van der Waals surface area (Å²) in [5, 5.41) is 3.60. The van der Waals surface area contributed by atoms with Crippen molar-refractivity contribution in [3.8, 4) is 0 Å². The Morgan fingerprint density at radius 2 is 1.75 bits per heavy atom. The number of nitrogens with one attached hydrogen (secondary N) is 2. The zero-order valence-electron chi connectivity index (χ0n) is 11.4. The van der Waals surface area contributed by atoms with Crippen molar-refractivity contribution in [1.29, 1.82) is 0 Å². The molecule has 0 saturated heterocycles. The molecule has 4 heteroatoms. The van der Waals surface area contributed by atoms with Crippen LogP contribution in [-0.4, -0.2) is 44.2 Å². The van der Waals surface area contributed by atoms with Crippen LogP contribution in [0.2, 0.25) is 0 Å². The van der Waals surface area contributed by atoms with Crippen LogP contribution < -0.4 is 16.6 Å². The minimum absolute atomic E-state index is 0.593. The number of nitrogens with zero attached hydrogens (tertiary/aromatic N) is 1. The molecule has 0 aliphatic heterocycles. The molecule has 0 aliphatic rings. The van der Waals surface area contributed by atoms with Gasteiger partial charge in [0.2, 0.25) is 0 Å². The predicted octanol–water partition coefficient (Wildman–Crippen LogP) is 0.938. The summed E-state index contributed by atoms with van der Waals surface area (Å²) in [7, 11) is 4.31. The molecule has 0 amide bonds. The van der Waals surface area contributed by atoms with E-state index in [1.165, 1.54) is 19.3 Å². The number of hydrogen-bond donors (Lipinski definition) is 3. The lowest BCUT2D eigenvalue weighted by molar-refractivity contribution is 0.264. The lowest BCUT2D eigenvalue weighted by Crippen LogP contribution is -2.37. The zero-order chi connectivity index (χ0) is 12.4. The summed E-state index contributed by atoms with van der Waals surface area (Å²) in [5.41, 5.74) is 2.71. The molecule has 0 aromatic heterocycles. The maximum Gasteiger partial charge on any atom is 0.0112 e. The highest BCUT2D eigenvalue weighted by atomic mass is 15.2. The van der Waals surface area contributed by atoms with Crippen LogP contribution in [0.15, 0.2) is 0 Å². The molecule has 0 aliphatic carbocycles. The smallest absolute Gasteiger partial charge is 0.0112 e. The van der Waals surface area contributed by atoms with Crippen molar-refractivity contribution >= 4 is 0 Å². The zero-order valence-corrected chi connectivity index (χ0v) is 11.4. The molecular formula is C12H30N4. The molecule has 0 spiro atoms. The van der Waals surface area contributed by atoms with Crippen molar-refractivity contribution in [2.75, 3.05) is 27.2 Å². The maximum atomic E-state index is 5.29. The Labute approximate surface area is 101 Å². The first kappa shape index (κ1) is 15.8. The Bertz CT molecular complexity index is 150. The second-order valence-electron chi connectivity index (χ2n) is 4.62. The van der Waals surface area contributed by atoms with Gasteiger partial charge in [0.1, 0.15) is 0 Å². The molecule has 4 nitrogen and oxygen atoms in total. The second-order valence-corrected chi connectivity index (χ2v) is 4.62. The molecule has 0 heterocycles. The number of hydrogen-bond acceptors (Lipinski definition) is 4. The van der Waals surface area contributed by atoms with Crippen LogP contribution in [0.5, 0.6) is 0 Å². The van der Waals surface area contributed by atoms with Gasteiger partial charge in [0, 0.05) is 18.6 Å². The highest BCUT2D eigenvalue weighted by Gasteiger charge is 2.10. The van der Waals surface area contributed by atoms with E-state index in [1.807, 2.05) is 0 Å². The molecular weight excluding hydrogens is 200 g/mol. The quantitative estimate of drug-likeness (QED) is 0.386. The Hall–Kier alpha value is -0.160. The highest BCUT2D eigenvalue weighted by Crippen LogP contribution is 2.04. The van der Waals surface area contributed by atoms with Crippen molar-refractivity contribution in [3.63, 3.8) is 0 Å². The Morgan fingerprint density at radius 3 is 2.19 bits per heavy atom. The van der Waals surface area contributed by atoms with Crippen LogP contribution in [-0.2, 0) is 0 Å². The van der Waals surface area contributed by atoms with Gasteiger partial charge in [0.15, 0.2) is 0 Å². The lowest BCUT2D eigenvalue weighted by atomic mass is 10.1. The Kier molecular flexibility index (Phi) is 9.92. The van der Waals surface area contributed by atoms with E-state index in [4.69, 9.17) is 5.84 Å². The van der Waals surface area contributed by atoms with Gasteiger partial charge in [-0.15, -0.1) is 0 Å². The average Bonchev–Trinajstić information content (AvgIpc) is 2.28. The van der Waals surface area contributed by atoms with Gasteiger partial charge in [0.25, 0.3) is 0 Å². The van der Waals surface area contributed by atoms with Crippen molar-refractivity contribution in [1.82, 2.24) is 15.6 Å². The minimum Gasteiger partial charge on any atom is -0.314 e. The Morgan fingerprint density at radius 1 is 1.06 bits per heavy atom. The maximum absolute atomic E-state index is 5.29. The standard InChI is InChI=1S/C12H30N4/c1-5-11(7-10-15-13)14-9-8-12(6-2)16(3)4/h11-12,14-15H,5-10,13H2,1-4H3. The highest BCUT2D eigenvalue weighted by molar-refractivity contribution is 4.70. The van der Waals surface area contributed by atoms with Gasteiger partial charge in [-0.1, -0.05) is 13.8 Å². The lowest BCUT2D eigenvalue weighted by Gasteiger charge is -2.24. The summed E-state index contributed by atoms with van der Waals surface area (Å²) < 4.78 is 0. The summed E-state index contributed by atoms with van der Waals surface area (Å²) in [4.78, 5) is 2.31. The van der Waals surface area contributed by atoms with E-state index in [2.05, 4.69) is 43.6 Å². The number of rotatable bonds is 10. The molecule has 0 radical (unpaired) electrons. The van der Waals surface area contributed by atoms with E-state index in [0.717, 1.165) is 19.5 Å². The summed E-state index contributed by atoms with van der Waals surface area (Å²) in [6, 6.07) is 1.29. The topological polar surface area (TPSA) is 53.3 Å². The van der Waals surface area contributed by atoms with Gasteiger partial charge in [0.05, 0.1) is 0 Å². The first-order valence-electron chi connectivity index (χ1n) is 6.48. The monoisotopic (exact) mass is 230 g/mol. The van der Waals surface area contributed by atoms with Gasteiger partial charge in [-0.2, -0.15) is 0 Å². The number of hydrazine groups is 1. The van der Waals surface area contributed by atoms with Crippen LogP contribution in [0.3, 0.4) is 0 Å². The molecule has 0 rings (SSSR count). The normalized spacial score (nSPS) is 15.4. The van der Waals surface area contributed by atoms with Gasteiger partial charge < -0.3 is 10.2 Å². The van der Waals surface area contributed by atoms with E-state index in [1.54, 1.807) is 0 Å². The molecule has 0 aromatic rings. The van der Waals surface area contributed by atoms with E-state index < -0.39 is 0 Å². The SMILES string of the molecule is CCC(CCNN)NCCC(CC)N(C)C. The van der Waals surface area contributed by atoms with Gasteiger partial charge in [-0.05, 0) is 46.3 Å². The van der Waals surface area contributed by atoms with Crippen LogP contribution in [0.4, 0.5) is 0 Å². The molecule has 4 N–H and O–H groups in total. The van der Waals surface area contributed by atoms with Crippen molar-refractivity contribution in [3.05, 3.63) is 0 Å². The van der Waals surface area contributed by atoms with E-state index in [9.17, 15) is 0 Å². The van der Waals surface area contributed by atoms with Crippen molar-refractivity contribution in [2.45, 2.75) is 51.6 Å². The molecule has 16 heavy (non-hydrogen) atoms. The molecule has 0 fully saturated rings. The minimum atomic E-state index is 0.593. The first-order chi connectivity index (χ1) is 7.65. The Balaban J connectivity index is 3.67. The number of nitrogens with two attached hydrogens (primary N) is 1. The third-order valence-corrected chi connectivity index (χ3v) is 3.24. The first-order valence-corrected chi connectivity index (χ1v) is 6.48.